The highest BCUT2D eigenvalue weighted by molar-refractivity contribution is 5.87. The predicted octanol–water partition coefficient (Wildman–Crippen LogP) is 1.83. The molecule has 0 spiro atoms. The molecule has 1 rings (SSSR count). The Morgan fingerprint density at radius 2 is 1.86 bits per heavy atom. The first-order valence-electron chi connectivity index (χ1n) is 4.38. The van der Waals surface area contributed by atoms with E-state index >= 15 is 0 Å². The van der Waals surface area contributed by atoms with E-state index in [-0.39, 0.29) is 12.2 Å². The van der Waals surface area contributed by atoms with Gasteiger partial charge in [-0.25, -0.2) is 0 Å². The Morgan fingerprint density at radius 1 is 1.29 bits per heavy atom. The first-order chi connectivity index (χ1) is 6.61. The van der Waals surface area contributed by atoms with Crippen molar-refractivity contribution in [3.05, 3.63) is 35.9 Å². The molecule has 0 saturated carbocycles. The number of hydrogen-bond acceptors (Lipinski definition) is 2. The maximum absolute atomic E-state index is 11.2. The smallest absolute Gasteiger partial charge is 0.304 e. The van der Waals surface area contributed by atoms with Crippen LogP contribution in [0.25, 0.3) is 0 Å². The lowest BCUT2D eigenvalue weighted by Gasteiger charge is -2.10. The van der Waals surface area contributed by atoms with Crippen LogP contribution in [0.5, 0.6) is 0 Å². The standard InChI is InChI=1S/C11H12O3/c1-8(12)10(7-11(13)14)9-5-3-2-4-6-9/h2-6,10H,7H2,1H3,(H,13,14)/t10-/m1/s1. The molecule has 0 aliphatic heterocycles. The molecular formula is C11H12O3. The van der Waals surface area contributed by atoms with E-state index < -0.39 is 11.9 Å². The molecule has 74 valence electrons. The summed E-state index contributed by atoms with van der Waals surface area (Å²) in [4.78, 5) is 21.8. The SMILES string of the molecule is CC(=O)[C@@H](CC(=O)O)c1ccccc1. The van der Waals surface area contributed by atoms with Gasteiger partial charge >= 0.3 is 5.97 Å². The van der Waals surface area contributed by atoms with Crippen LogP contribution in [-0.2, 0) is 9.59 Å². The number of benzene rings is 1. The molecule has 0 bridgehead atoms. The fourth-order valence-corrected chi connectivity index (χ4v) is 1.36. The topological polar surface area (TPSA) is 54.4 Å². The van der Waals surface area contributed by atoms with Gasteiger partial charge in [0.15, 0.2) is 0 Å². The molecule has 0 unspecified atom stereocenters. The molecule has 0 aromatic heterocycles. The van der Waals surface area contributed by atoms with Gasteiger partial charge in [-0.05, 0) is 12.5 Å². The number of aliphatic carboxylic acids is 1. The van der Waals surface area contributed by atoms with Crippen molar-refractivity contribution < 1.29 is 14.7 Å². The van der Waals surface area contributed by atoms with Crippen molar-refractivity contribution in [1.82, 2.24) is 0 Å². The van der Waals surface area contributed by atoms with Gasteiger partial charge in [-0.15, -0.1) is 0 Å². The maximum Gasteiger partial charge on any atom is 0.304 e. The van der Waals surface area contributed by atoms with E-state index in [0.717, 1.165) is 5.56 Å². The molecular weight excluding hydrogens is 180 g/mol. The summed E-state index contributed by atoms with van der Waals surface area (Å²) >= 11 is 0. The number of rotatable bonds is 4. The highest BCUT2D eigenvalue weighted by Crippen LogP contribution is 2.20. The predicted molar refractivity (Wildman–Crippen MR) is 52.1 cm³/mol. The van der Waals surface area contributed by atoms with Crippen LogP contribution in [0, 0.1) is 0 Å². The number of ketones is 1. The van der Waals surface area contributed by atoms with E-state index in [4.69, 9.17) is 5.11 Å². The summed E-state index contributed by atoms with van der Waals surface area (Å²) in [6.45, 7) is 1.42. The van der Waals surface area contributed by atoms with Crippen molar-refractivity contribution >= 4 is 11.8 Å². The molecule has 0 saturated heterocycles. The van der Waals surface area contributed by atoms with Crippen molar-refractivity contribution in [2.45, 2.75) is 19.3 Å². The first-order valence-corrected chi connectivity index (χ1v) is 4.38. The first kappa shape index (κ1) is 10.4. The molecule has 1 aromatic rings. The summed E-state index contributed by atoms with van der Waals surface area (Å²) in [5.41, 5.74) is 0.766. The van der Waals surface area contributed by atoms with Crippen LogP contribution in [0.4, 0.5) is 0 Å². The molecule has 0 amide bonds. The monoisotopic (exact) mass is 192 g/mol. The molecule has 1 atom stereocenters. The van der Waals surface area contributed by atoms with Gasteiger partial charge in [-0.2, -0.15) is 0 Å². The molecule has 14 heavy (non-hydrogen) atoms. The quantitative estimate of drug-likeness (QED) is 0.791. The van der Waals surface area contributed by atoms with Gasteiger partial charge in [-0.3, -0.25) is 9.59 Å². The number of carbonyl (C=O) groups excluding carboxylic acids is 1. The number of hydrogen-bond donors (Lipinski definition) is 1. The zero-order valence-electron chi connectivity index (χ0n) is 7.93. The minimum Gasteiger partial charge on any atom is -0.481 e. The fourth-order valence-electron chi connectivity index (χ4n) is 1.36. The molecule has 3 heteroatoms. The number of carboxylic acid groups (broad SMARTS) is 1. The number of carbonyl (C=O) groups is 2. The van der Waals surface area contributed by atoms with Crippen molar-refractivity contribution in [3.63, 3.8) is 0 Å². The van der Waals surface area contributed by atoms with Crippen LogP contribution >= 0.6 is 0 Å². The van der Waals surface area contributed by atoms with Crippen LogP contribution in [-0.4, -0.2) is 16.9 Å². The highest BCUT2D eigenvalue weighted by Gasteiger charge is 2.19. The average molecular weight is 192 g/mol. The van der Waals surface area contributed by atoms with Crippen molar-refractivity contribution in [2.24, 2.45) is 0 Å². The van der Waals surface area contributed by atoms with Gasteiger partial charge in [-0.1, -0.05) is 30.3 Å². The summed E-state index contributed by atoms with van der Waals surface area (Å²) in [5.74, 6) is -1.58. The third-order valence-corrected chi connectivity index (χ3v) is 2.07. The van der Waals surface area contributed by atoms with Crippen LogP contribution in [0.2, 0.25) is 0 Å². The summed E-state index contributed by atoms with van der Waals surface area (Å²) in [6.07, 6.45) is -0.140. The molecule has 0 heterocycles. The average Bonchev–Trinajstić information content (AvgIpc) is 2.15. The molecule has 0 aliphatic rings. The van der Waals surface area contributed by atoms with Gasteiger partial charge in [0.2, 0.25) is 0 Å². The molecule has 1 N–H and O–H groups in total. The highest BCUT2D eigenvalue weighted by atomic mass is 16.4. The Labute approximate surface area is 82.4 Å². The van der Waals surface area contributed by atoms with E-state index in [2.05, 4.69) is 0 Å². The zero-order chi connectivity index (χ0) is 10.6. The summed E-state index contributed by atoms with van der Waals surface area (Å²) in [6, 6.07) is 8.98. The van der Waals surface area contributed by atoms with Gasteiger partial charge in [0.25, 0.3) is 0 Å². The summed E-state index contributed by atoms with van der Waals surface area (Å²) < 4.78 is 0. The third-order valence-electron chi connectivity index (χ3n) is 2.07. The van der Waals surface area contributed by atoms with Crippen LogP contribution in [0.3, 0.4) is 0 Å². The number of Topliss-reactive ketones (excluding diaryl/α,β-unsaturated/α-hetero) is 1. The van der Waals surface area contributed by atoms with Crippen LogP contribution in [0.1, 0.15) is 24.8 Å². The van der Waals surface area contributed by atoms with E-state index in [1.165, 1.54) is 6.92 Å². The Kier molecular flexibility index (Phi) is 3.40. The second-order valence-electron chi connectivity index (χ2n) is 3.17. The fraction of sp³-hybridized carbons (Fsp3) is 0.273. The summed E-state index contributed by atoms with van der Waals surface area (Å²) in [7, 11) is 0. The second-order valence-corrected chi connectivity index (χ2v) is 3.17. The lowest BCUT2D eigenvalue weighted by Crippen LogP contribution is -2.13. The number of carboxylic acids is 1. The summed E-state index contributed by atoms with van der Waals surface area (Å²) in [5, 5.41) is 8.64. The van der Waals surface area contributed by atoms with Crippen molar-refractivity contribution in [1.29, 1.82) is 0 Å². The van der Waals surface area contributed by atoms with Crippen molar-refractivity contribution in [3.8, 4) is 0 Å². The van der Waals surface area contributed by atoms with Crippen LogP contribution in [0.15, 0.2) is 30.3 Å². The maximum atomic E-state index is 11.2. The Balaban J connectivity index is 2.89. The Bertz CT molecular complexity index is 330. The molecule has 0 radical (unpaired) electrons. The van der Waals surface area contributed by atoms with E-state index in [0.29, 0.717) is 0 Å². The molecule has 1 aromatic carbocycles. The van der Waals surface area contributed by atoms with Gasteiger partial charge in [0.05, 0.1) is 12.3 Å². The second kappa shape index (κ2) is 4.56. The lowest BCUT2D eigenvalue weighted by molar-refractivity contribution is -0.139. The van der Waals surface area contributed by atoms with Crippen LogP contribution < -0.4 is 0 Å². The molecule has 3 nitrogen and oxygen atoms in total. The van der Waals surface area contributed by atoms with Gasteiger partial charge < -0.3 is 5.11 Å². The largest absolute Gasteiger partial charge is 0.481 e. The minimum atomic E-state index is -0.950. The zero-order valence-corrected chi connectivity index (χ0v) is 7.93. The minimum absolute atomic E-state index is 0.112. The van der Waals surface area contributed by atoms with Gasteiger partial charge in [0.1, 0.15) is 5.78 Å². The molecule has 0 aliphatic carbocycles. The van der Waals surface area contributed by atoms with E-state index in [1.54, 1.807) is 24.3 Å². The van der Waals surface area contributed by atoms with Gasteiger partial charge in [0, 0.05) is 0 Å². The molecule has 0 fully saturated rings. The third kappa shape index (κ3) is 2.69. The lowest BCUT2D eigenvalue weighted by atomic mass is 9.92. The Hall–Kier alpha value is -1.64. The van der Waals surface area contributed by atoms with E-state index in [1.807, 2.05) is 6.07 Å². The normalized spacial score (nSPS) is 12.1. The van der Waals surface area contributed by atoms with Crippen molar-refractivity contribution in [2.75, 3.05) is 0 Å². The Morgan fingerprint density at radius 3 is 2.29 bits per heavy atom. The van der Waals surface area contributed by atoms with E-state index in [9.17, 15) is 9.59 Å².